The summed E-state index contributed by atoms with van der Waals surface area (Å²) in [5.74, 6) is 1.20. The van der Waals surface area contributed by atoms with Crippen LogP contribution >= 0.6 is 0 Å². The summed E-state index contributed by atoms with van der Waals surface area (Å²) < 4.78 is 0. The van der Waals surface area contributed by atoms with Crippen molar-refractivity contribution in [3.05, 3.63) is 0 Å². The van der Waals surface area contributed by atoms with E-state index >= 15 is 0 Å². The Morgan fingerprint density at radius 2 is 1.62 bits per heavy atom. The standard InChI is InChI=1S/C13H24N2O/c1-9(10-3-4-10)13(16)15-12-7-5-11(14-2)6-8-12/h9-12,14H,3-8H2,1-2H3,(H,15,16). The van der Waals surface area contributed by atoms with Crippen LogP contribution in [0, 0.1) is 11.8 Å². The molecule has 2 fully saturated rings. The first-order valence-corrected chi connectivity index (χ1v) is 6.68. The van der Waals surface area contributed by atoms with Crippen LogP contribution in [0.25, 0.3) is 0 Å². The van der Waals surface area contributed by atoms with E-state index in [-0.39, 0.29) is 11.8 Å². The molecule has 0 aliphatic heterocycles. The second kappa shape index (κ2) is 5.17. The van der Waals surface area contributed by atoms with Gasteiger partial charge in [0.1, 0.15) is 0 Å². The number of carbonyl (C=O) groups excluding carboxylic acids is 1. The van der Waals surface area contributed by atoms with E-state index in [1.165, 1.54) is 25.7 Å². The Balaban J connectivity index is 1.71. The maximum absolute atomic E-state index is 11.9. The molecule has 3 heteroatoms. The minimum absolute atomic E-state index is 0.238. The summed E-state index contributed by atoms with van der Waals surface area (Å²) in [6.45, 7) is 2.08. The number of nitrogens with one attached hydrogen (secondary N) is 2. The third kappa shape index (κ3) is 2.97. The highest BCUT2D eigenvalue weighted by Crippen LogP contribution is 2.36. The van der Waals surface area contributed by atoms with Crippen LogP contribution in [0.1, 0.15) is 45.4 Å². The van der Waals surface area contributed by atoms with E-state index in [1.807, 2.05) is 7.05 Å². The number of amides is 1. The SMILES string of the molecule is CNC1CCC(NC(=O)C(C)C2CC2)CC1. The molecule has 0 aromatic rings. The molecule has 92 valence electrons. The second-order valence-corrected chi connectivity index (χ2v) is 5.47. The Kier molecular flexibility index (Phi) is 3.85. The average Bonchev–Trinajstić information content (AvgIpc) is 3.13. The molecule has 2 aliphatic carbocycles. The lowest BCUT2D eigenvalue weighted by molar-refractivity contribution is -0.126. The molecular formula is C13H24N2O. The fraction of sp³-hybridized carbons (Fsp3) is 0.923. The van der Waals surface area contributed by atoms with E-state index in [1.54, 1.807) is 0 Å². The van der Waals surface area contributed by atoms with E-state index in [4.69, 9.17) is 0 Å². The molecule has 2 rings (SSSR count). The molecule has 0 spiro atoms. The van der Waals surface area contributed by atoms with Crippen molar-refractivity contribution < 1.29 is 4.79 Å². The van der Waals surface area contributed by atoms with Gasteiger partial charge in [-0.2, -0.15) is 0 Å². The van der Waals surface area contributed by atoms with Gasteiger partial charge in [-0.25, -0.2) is 0 Å². The summed E-state index contributed by atoms with van der Waals surface area (Å²) in [4.78, 5) is 11.9. The predicted octanol–water partition coefficient (Wildman–Crippen LogP) is 1.68. The van der Waals surface area contributed by atoms with Crippen molar-refractivity contribution in [3.63, 3.8) is 0 Å². The molecule has 2 aliphatic rings. The summed E-state index contributed by atoms with van der Waals surface area (Å²) in [5.41, 5.74) is 0. The van der Waals surface area contributed by atoms with Gasteiger partial charge in [-0.1, -0.05) is 6.92 Å². The van der Waals surface area contributed by atoms with E-state index in [0.717, 1.165) is 12.8 Å². The summed E-state index contributed by atoms with van der Waals surface area (Å²) >= 11 is 0. The Hall–Kier alpha value is -0.570. The molecular weight excluding hydrogens is 200 g/mol. The second-order valence-electron chi connectivity index (χ2n) is 5.47. The lowest BCUT2D eigenvalue weighted by Crippen LogP contribution is -2.43. The fourth-order valence-corrected chi connectivity index (χ4v) is 2.67. The van der Waals surface area contributed by atoms with E-state index in [0.29, 0.717) is 18.0 Å². The third-order valence-corrected chi connectivity index (χ3v) is 4.22. The molecule has 0 aromatic heterocycles. The molecule has 1 amide bonds. The molecule has 0 bridgehead atoms. The van der Waals surface area contributed by atoms with Gasteiger partial charge < -0.3 is 10.6 Å². The molecule has 0 saturated heterocycles. The van der Waals surface area contributed by atoms with Crippen molar-refractivity contribution in [2.75, 3.05) is 7.05 Å². The monoisotopic (exact) mass is 224 g/mol. The predicted molar refractivity (Wildman–Crippen MR) is 65.1 cm³/mol. The van der Waals surface area contributed by atoms with Gasteiger partial charge in [0, 0.05) is 18.0 Å². The minimum atomic E-state index is 0.238. The van der Waals surface area contributed by atoms with Gasteiger partial charge >= 0.3 is 0 Å². The highest BCUT2D eigenvalue weighted by Gasteiger charge is 2.33. The summed E-state index contributed by atoms with van der Waals surface area (Å²) in [6, 6.07) is 1.09. The van der Waals surface area contributed by atoms with Crippen LogP contribution in [-0.4, -0.2) is 25.0 Å². The van der Waals surface area contributed by atoms with Crippen LogP contribution in [-0.2, 0) is 4.79 Å². The smallest absolute Gasteiger partial charge is 0.223 e. The van der Waals surface area contributed by atoms with Gasteiger partial charge in [0.25, 0.3) is 0 Å². The lowest BCUT2D eigenvalue weighted by atomic mass is 9.90. The van der Waals surface area contributed by atoms with Gasteiger partial charge in [0.2, 0.25) is 5.91 Å². The van der Waals surface area contributed by atoms with Crippen molar-refractivity contribution in [2.45, 2.75) is 57.5 Å². The summed E-state index contributed by atoms with van der Waals surface area (Å²) in [6.07, 6.45) is 7.16. The van der Waals surface area contributed by atoms with E-state index in [2.05, 4.69) is 17.6 Å². The van der Waals surface area contributed by atoms with Gasteiger partial charge in [-0.15, -0.1) is 0 Å². The molecule has 1 unspecified atom stereocenters. The molecule has 3 nitrogen and oxygen atoms in total. The maximum Gasteiger partial charge on any atom is 0.223 e. The number of hydrogen-bond acceptors (Lipinski definition) is 2. The van der Waals surface area contributed by atoms with E-state index in [9.17, 15) is 4.79 Å². The van der Waals surface area contributed by atoms with Gasteiger partial charge in [-0.3, -0.25) is 4.79 Å². The molecule has 2 saturated carbocycles. The maximum atomic E-state index is 11.9. The van der Waals surface area contributed by atoms with Crippen molar-refractivity contribution in [1.82, 2.24) is 10.6 Å². The number of rotatable bonds is 4. The molecule has 0 heterocycles. The first-order chi connectivity index (χ1) is 7.70. The van der Waals surface area contributed by atoms with Crippen LogP contribution in [0.3, 0.4) is 0 Å². The first kappa shape index (κ1) is 11.9. The zero-order valence-electron chi connectivity index (χ0n) is 10.5. The van der Waals surface area contributed by atoms with Gasteiger partial charge in [-0.05, 0) is 51.5 Å². The van der Waals surface area contributed by atoms with Crippen molar-refractivity contribution in [2.24, 2.45) is 11.8 Å². The van der Waals surface area contributed by atoms with Crippen LogP contribution in [0.15, 0.2) is 0 Å². The normalized spacial score (nSPS) is 32.1. The molecule has 2 N–H and O–H groups in total. The Labute approximate surface area is 98.4 Å². The minimum Gasteiger partial charge on any atom is -0.353 e. The first-order valence-electron chi connectivity index (χ1n) is 6.68. The van der Waals surface area contributed by atoms with Crippen LogP contribution in [0.2, 0.25) is 0 Å². The molecule has 0 radical (unpaired) electrons. The van der Waals surface area contributed by atoms with E-state index < -0.39 is 0 Å². The van der Waals surface area contributed by atoms with Crippen molar-refractivity contribution in [1.29, 1.82) is 0 Å². The quantitative estimate of drug-likeness (QED) is 0.763. The van der Waals surface area contributed by atoms with Crippen LogP contribution in [0.4, 0.5) is 0 Å². The largest absolute Gasteiger partial charge is 0.353 e. The number of carbonyl (C=O) groups is 1. The molecule has 1 atom stereocenters. The summed E-state index contributed by atoms with van der Waals surface area (Å²) in [5, 5.41) is 6.53. The molecule has 16 heavy (non-hydrogen) atoms. The Morgan fingerprint density at radius 3 is 2.12 bits per heavy atom. The van der Waals surface area contributed by atoms with Crippen molar-refractivity contribution in [3.8, 4) is 0 Å². The lowest BCUT2D eigenvalue weighted by Gasteiger charge is -2.29. The highest BCUT2D eigenvalue weighted by molar-refractivity contribution is 5.79. The highest BCUT2D eigenvalue weighted by atomic mass is 16.1. The van der Waals surface area contributed by atoms with Gasteiger partial charge in [0.05, 0.1) is 0 Å². The zero-order valence-corrected chi connectivity index (χ0v) is 10.5. The van der Waals surface area contributed by atoms with Crippen LogP contribution in [0.5, 0.6) is 0 Å². The topological polar surface area (TPSA) is 41.1 Å². The molecule has 0 aromatic carbocycles. The van der Waals surface area contributed by atoms with Gasteiger partial charge in [0.15, 0.2) is 0 Å². The number of hydrogen-bond donors (Lipinski definition) is 2. The Morgan fingerprint density at radius 1 is 1.06 bits per heavy atom. The third-order valence-electron chi connectivity index (χ3n) is 4.22. The van der Waals surface area contributed by atoms with Crippen molar-refractivity contribution >= 4 is 5.91 Å². The Bertz CT molecular complexity index is 242. The zero-order chi connectivity index (χ0) is 11.5. The fourth-order valence-electron chi connectivity index (χ4n) is 2.67. The summed E-state index contributed by atoms with van der Waals surface area (Å²) in [7, 11) is 2.03. The average molecular weight is 224 g/mol. The van der Waals surface area contributed by atoms with Crippen LogP contribution < -0.4 is 10.6 Å².